The number of benzene rings is 2. The van der Waals surface area contributed by atoms with Crippen molar-refractivity contribution < 1.29 is 9.13 Å². The second-order valence-electron chi connectivity index (χ2n) is 8.39. The molecular weight excluding hydrogens is 419 g/mol. The quantitative estimate of drug-likeness (QED) is 0.309. The van der Waals surface area contributed by atoms with Crippen molar-refractivity contribution in [3.63, 3.8) is 0 Å². The summed E-state index contributed by atoms with van der Waals surface area (Å²) in [5.74, 6) is 1.99. The minimum absolute atomic E-state index is 0.316. The molecule has 8 heteroatoms. The summed E-state index contributed by atoms with van der Waals surface area (Å²) in [6.07, 6.45) is 3.91. The SMILES string of the molecule is Cc1cc2c(F)c(Nc3ccnc(Nc4cccc(OCC5CCNCC5)c4)n3)ccc2[nH]1. The van der Waals surface area contributed by atoms with Crippen molar-refractivity contribution in [1.29, 1.82) is 0 Å². The average Bonchev–Trinajstić information content (AvgIpc) is 3.22. The maximum absolute atomic E-state index is 14.9. The zero-order chi connectivity index (χ0) is 22.6. The highest BCUT2D eigenvalue weighted by Crippen LogP contribution is 2.28. The van der Waals surface area contributed by atoms with Crippen molar-refractivity contribution in [1.82, 2.24) is 20.3 Å². The Morgan fingerprint density at radius 2 is 1.97 bits per heavy atom. The molecule has 0 radical (unpaired) electrons. The maximum Gasteiger partial charge on any atom is 0.229 e. The molecule has 2 aromatic carbocycles. The van der Waals surface area contributed by atoms with Crippen molar-refractivity contribution >= 4 is 34.0 Å². The van der Waals surface area contributed by atoms with Gasteiger partial charge in [-0.2, -0.15) is 4.98 Å². The number of hydrogen-bond donors (Lipinski definition) is 4. The first-order chi connectivity index (χ1) is 16.1. The van der Waals surface area contributed by atoms with Crippen LogP contribution in [0.3, 0.4) is 0 Å². The van der Waals surface area contributed by atoms with Gasteiger partial charge in [0.15, 0.2) is 5.82 Å². The Morgan fingerprint density at radius 3 is 2.85 bits per heavy atom. The van der Waals surface area contributed by atoms with E-state index in [-0.39, 0.29) is 5.82 Å². The van der Waals surface area contributed by atoms with Crippen molar-refractivity contribution in [2.75, 3.05) is 30.3 Å². The number of nitrogens with one attached hydrogen (secondary N) is 4. The van der Waals surface area contributed by atoms with Gasteiger partial charge in [-0.3, -0.25) is 0 Å². The van der Waals surface area contributed by atoms with Crippen LogP contribution in [0, 0.1) is 18.7 Å². The zero-order valence-corrected chi connectivity index (χ0v) is 18.5. The van der Waals surface area contributed by atoms with Gasteiger partial charge in [-0.15, -0.1) is 0 Å². The van der Waals surface area contributed by atoms with E-state index in [2.05, 4.69) is 30.9 Å². The third-order valence-corrected chi connectivity index (χ3v) is 5.83. The monoisotopic (exact) mass is 446 g/mol. The molecule has 1 aliphatic rings. The topological polar surface area (TPSA) is 86.9 Å². The summed E-state index contributed by atoms with van der Waals surface area (Å²) >= 11 is 0. The average molecular weight is 447 g/mol. The molecule has 0 bridgehead atoms. The first-order valence-corrected chi connectivity index (χ1v) is 11.2. The molecule has 0 atom stereocenters. The highest BCUT2D eigenvalue weighted by atomic mass is 19.1. The van der Waals surface area contributed by atoms with Crippen molar-refractivity contribution in [3.05, 3.63) is 66.2 Å². The highest BCUT2D eigenvalue weighted by Gasteiger charge is 2.14. The molecule has 4 N–H and O–H groups in total. The molecule has 3 heterocycles. The molecule has 170 valence electrons. The van der Waals surface area contributed by atoms with Crippen LogP contribution in [0.4, 0.5) is 27.5 Å². The van der Waals surface area contributed by atoms with E-state index in [1.807, 2.05) is 37.3 Å². The van der Waals surface area contributed by atoms with E-state index in [0.29, 0.717) is 28.8 Å². The Kier molecular flexibility index (Phi) is 6.08. The number of aromatic amines is 1. The van der Waals surface area contributed by atoms with E-state index in [0.717, 1.165) is 55.2 Å². The number of anilines is 4. The Morgan fingerprint density at radius 1 is 1.09 bits per heavy atom. The first-order valence-electron chi connectivity index (χ1n) is 11.2. The molecule has 0 spiro atoms. The Balaban J connectivity index is 1.26. The molecule has 1 aliphatic heterocycles. The molecule has 0 unspecified atom stereocenters. The van der Waals surface area contributed by atoms with Gasteiger partial charge in [-0.05, 0) is 75.2 Å². The predicted octanol–water partition coefficient (Wildman–Crippen LogP) is 5.27. The molecule has 2 aromatic heterocycles. The Hall–Kier alpha value is -3.65. The minimum atomic E-state index is -0.316. The van der Waals surface area contributed by atoms with E-state index in [1.54, 1.807) is 24.4 Å². The van der Waals surface area contributed by atoms with E-state index in [1.165, 1.54) is 0 Å². The molecule has 1 saturated heterocycles. The normalized spacial score (nSPS) is 14.4. The van der Waals surface area contributed by atoms with Gasteiger partial charge in [0, 0.05) is 34.5 Å². The molecule has 1 fully saturated rings. The van der Waals surface area contributed by atoms with Gasteiger partial charge in [0.1, 0.15) is 11.6 Å². The molecule has 7 nitrogen and oxygen atoms in total. The number of nitrogens with zero attached hydrogens (tertiary/aromatic N) is 2. The molecular formula is C25H27FN6O. The summed E-state index contributed by atoms with van der Waals surface area (Å²) < 4.78 is 20.9. The lowest BCUT2D eigenvalue weighted by Crippen LogP contribution is -2.30. The van der Waals surface area contributed by atoms with Gasteiger partial charge in [0.2, 0.25) is 5.95 Å². The first kappa shape index (κ1) is 21.2. The third kappa shape index (κ3) is 5.06. The molecule has 4 aromatic rings. The summed E-state index contributed by atoms with van der Waals surface area (Å²) in [4.78, 5) is 11.9. The van der Waals surface area contributed by atoms with Crippen LogP contribution in [0.5, 0.6) is 5.75 Å². The van der Waals surface area contributed by atoms with Crippen LogP contribution in [0.25, 0.3) is 10.9 Å². The largest absolute Gasteiger partial charge is 0.493 e. The van der Waals surface area contributed by atoms with Gasteiger partial charge in [0.25, 0.3) is 0 Å². The van der Waals surface area contributed by atoms with Crippen molar-refractivity contribution in [3.8, 4) is 5.75 Å². The van der Waals surface area contributed by atoms with Crippen LogP contribution in [-0.2, 0) is 0 Å². The summed E-state index contributed by atoms with van der Waals surface area (Å²) in [5.41, 5.74) is 2.86. The van der Waals surface area contributed by atoms with Gasteiger partial charge in [0.05, 0.1) is 12.3 Å². The summed E-state index contributed by atoms with van der Waals surface area (Å²) in [7, 11) is 0. The Labute approximate surface area is 191 Å². The van der Waals surface area contributed by atoms with Crippen LogP contribution in [-0.4, -0.2) is 34.6 Å². The number of aryl methyl sites for hydroxylation is 1. The summed E-state index contributed by atoms with van der Waals surface area (Å²) in [6, 6.07) is 14.8. The van der Waals surface area contributed by atoms with Crippen molar-refractivity contribution in [2.45, 2.75) is 19.8 Å². The fourth-order valence-electron chi connectivity index (χ4n) is 4.09. The van der Waals surface area contributed by atoms with Crippen molar-refractivity contribution in [2.24, 2.45) is 5.92 Å². The molecule has 5 rings (SSSR count). The van der Waals surface area contributed by atoms with Crippen LogP contribution in [0.2, 0.25) is 0 Å². The second kappa shape index (κ2) is 9.46. The number of hydrogen-bond acceptors (Lipinski definition) is 6. The molecule has 0 aliphatic carbocycles. The van der Waals surface area contributed by atoms with Gasteiger partial charge >= 0.3 is 0 Å². The Bertz CT molecular complexity index is 1250. The lowest BCUT2D eigenvalue weighted by molar-refractivity contribution is 0.215. The van der Waals surface area contributed by atoms with Crippen LogP contribution >= 0.6 is 0 Å². The number of rotatable bonds is 7. The van der Waals surface area contributed by atoms with E-state index in [4.69, 9.17) is 4.74 Å². The van der Waals surface area contributed by atoms with Crippen LogP contribution in [0.1, 0.15) is 18.5 Å². The van der Waals surface area contributed by atoms with E-state index in [9.17, 15) is 4.39 Å². The molecule has 33 heavy (non-hydrogen) atoms. The fourth-order valence-corrected chi connectivity index (χ4v) is 4.09. The number of H-pyrrole nitrogens is 1. The number of fused-ring (bicyclic) bond motifs is 1. The number of aromatic nitrogens is 3. The second-order valence-corrected chi connectivity index (χ2v) is 8.39. The minimum Gasteiger partial charge on any atom is -0.493 e. The van der Waals surface area contributed by atoms with Crippen LogP contribution < -0.4 is 20.7 Å². The lowest BCUT2D eigenvalue weighted by Gasteiger charge is -2.22. The standard InChI is InChI=1S/C25H27FN6O/c1-16-13-20-21(29-16)5-6-22(24(20)26)31-23-9-12-28-25(32-23)30-18-3-2-4-19(14-18)33-15-17-7-10-27-11-8-17/h2-6,9,12-14,17,27,29H,7-8,10-11,15H2,1H3,(H2,28,30,31,32). The van der Waals surface area contributed by atoms with E-state index < -0.39 is 0 Å². The predicted molar refractivity (Wildman–Crippen MR) is 129 cm³/mol. The number of halogens is 1. The van der Waals surface area contributed by atoms with E-state index >= 15 is 0 Å². The zero-order valence-electron chi connectivity index (χ0n) is 18.5. The van der Waals surface area contributed by atoms with Gasteiger partial charge < -0.3 is 25.7 Å². The summed E-state index contributed by atoms with van der Waals surface area (Å²) in [5, 5.41) is 10.2. The highest BCUT2D eigenvalue weighted by molar-refractivity contribution is 5.85. The lowest BCUT2D eigenvalue weighted by atomic mass is 9.99. The van der Waals surface area contributed by atoms with Crippen LogP contribution in [0.15, 0.2) is 54.7 Å². The van der Waals surface area contributed by atoms with Gasteiger partial charge in [-0.25, -0.2) is 9.37 Å². The summed E-state index contributed by atoms with van der Waals surface area (Å²) in [6.45, 7) is 4.74. The smallest absolute Gasteiger partial charge is 0.229 e. The van der Waals surface area contributed by atoms with Gasteiger partial charge in [-0.1, -0.05) is 6.07 Å². The third-order valence-electron chi connectivity index (χ3n) is 5.83. The molecule has 0 amide bonds. The number of ether oxygens (including phenoxy) is 1. The maximum atomic E-state index is 14.9. The molecule has 0 saturated carbocycles. The number of piperidine rings is 1. The fraction of sp³-hybridized carbons (Fsp3) is 0.280.